The van der Waals surface area contributed by atoms with Crippen molar-refractivity contribution in [3.8, 4) is 5.75 Å². The van der Waals surface area contributed by atoms with E-state index in [1.807, 2.05) is 6.07 Å². The Balaban J connectivity index is 1.45. The van der Waals surface area contributed by atoms with Gasteiger partial charge in [0.25, 0.3) is 0 Å². The van der Waals surface area contributed by atoms with Crippen molar-refractivity contribution >= 4 is 11.6 Å². The van der Waals surface area contributed by atoms with E-state index in [0.29, 0.717) is 11.7 Å². The number of aromatic nitrogens is 3. The van der Waals surface area contributed by atoms with Crippen LogP contribution in [0.4, 0.5) is 11.6 Å². The van der Waals surface area contributed by atoms with Gasteiger partial charge in [-0.1, -0.05) is 18.2 Å². The van der Waals surface area contributed by atoms with Crippen molar-refractivity contribution in [1.29, 1.82) is 0 Å². The first kappa shape index (κ1) is 19.3. The lowest BCUT2D eigenvalue weighted by Crippen LogP contribution is -2.34. The van der Waals surface area contributed by atoms with E-state index in [-0.39, 0.29) is 0 Å². The summed E-state index contributed by atoms with van der Waals surface area (Å²) in [4.78, 5) is 15.7. The number of hydrogen-bond donors (Lipinski definition) is 1. The standard InChI is InChI=1S/C23H27N5O/c1-17-8-9-19(21(13-17)29-2)16-28-12-4-5-18(15-28)20-6-3-7-22(26-20)27-23-14-24-10-11-25-23/h3,6-11,13-14,18H,4-5,12,15-16H2,1-2H3,(H,25,26,27)/t18-/m0/s1. The third-order valence-corrected chi connectivity index (χ3v) is 5.35. The molecule has 2 aromatic heterocycles. The Labute approximate surface area is 172 Å². The smallest absolute Gasteiger partial charge is 0.150 e. The minimum atomic E-state index is 0.420. The number of ether oxygens (including phenoxy) is 1. The average Bonchev–Trinajstić information content (AvgIpc) is 2.76. The van der Waals surface area contributed by atoms with Gasteiger partial charge in [-0.05, 0) is 50.1 Å². The first-order chi connectivity index (χ1) is 14.2. The normalized spacial score (nSPS) is 17.1. The maximum Gasteiger partial charge on any atom is 0.150 e. The first-order valence-electron chi connectivity index (χ1n) is 10.1. The fourth-order valence-corrected chi connectivity index (χ4v) is 3.91. The molecule has 1 aliphatic rings. The van der Waals surface area contributed by atoms with Crippen LogP contribution in [0, 0.1) is 6.92 Å². The lowest BCUT2D eigenvalue weighted by Gasteiger charge is -2.33. The SMILES string of the molecule is COc1cc(C)ccc1CN1CCC[C@H](c2cccc(Nc3cnccn3)n2)C1. The molecule has 1 atom stereocenters. The van der Waals surface area contributed by atoms with Crippen LogP contribution >= 0.6 is 0 Å². The van der Waals surface area contributed by atoms with E-state index in [1.54, 1.807) is 25.7 Å². The number of nitrogens with zero attached hydrogens (tertiary/aromatic N) is 4. The van der Waals surface area contributed by atoms with E-state index in [9.17, 15) is 0 Å². The van der Waals surface area contributed by atoms with Crippen LogP contribution in [0.15, 0.2) is 55.0 Å². The molecule has 0 spiro atoms. The van der Waals surface area contributed by atoms with Crippen LogP contribution in [0.3, 0.4) is 0 Å². The van der Waals surface area contributed by atoms with Gasteiger partial charge in [0, 0.05) is 42.7 Å². The van der Waals surface area contributed by atoms with Gasteiger partial charge in [0.15, 0.2) is 0 Å². The van der Waals surface area contributed by atoms with Gasteiger partial charge >= 0.3 is 0 Å². The number of piperidine rings is 1. The Morgan fingerprint density at radius 3 is 2.93 bits per heavy atom. The zero-order valence-electron chi connectivity index (χ0n) is 17.0. The zero-order valence-corrected chi connectivity index (χ0v) is 17.0. The summed E-state index contributed by atoms with van der Waals surface area (Å²) in [7, 11) is 1.75. The average molecular weight is 390 g/mol. The minimum absolute atomic E-state index is 0.420. The van der Waals surface area contributed by atoms with Crippen molar-refractivity contribution in [1.82, 2.24) is 19.9 Å². The van der Waals surface area contributed by atoms with Crippen molar-refractivity contribution < 1.29 is 4.74 Å². The maximum absolute atomic E-state index is 5.59. The predicted molar refractivity (Wildman–Crippen MR) is 115 cm³/mol. The third kappa shape index (κ3) is 4.90. The summed E-state index contributed by atoms with van der Waals surface area (Å²) in [5.41, 5.74) is 3.59. The minimum Gasteiger partial charge on any atom is -0.496 e. The number of hydrogen-bond acceptors (Lipinski definition) is 6. The van der Waals surface area contributed by atoms with Crippen LogP contribution in [0.2, 0.25) is 0 Å². The topological polar surface area (TPSA) is 63.2 Å². The van der Waals surface area contributed by atoms with Crippen LogP contribution in [0.25, 0.3) is 0 Å². The molecule has 1 aliphatic heterocycles. The zero-order chi connectivity index (χ0) is 20.1. The van der Waals surface area contributed by atoms with Crippen LogP contribution in [0.1, 0.15) is 35.6 Å². The molecule has 0 unspecified atom stereocenters. The molecule has 0 amide bonds. The van der Waals surface area contributed by atoms with Crippen molar-refractivity contribution in [2.45, 2.75) is 32.2 Å². The highest BCUT2D eigenvalue weighted by molar-refractivity contribution is 5.50. The summed E-state index contributed by atoms with van der Waals surface area (Å²) < 4.78 is 5.59. The van der Waals surface area contributed by atoms with Gasteiger partial charge in [0.2, 0.25) is 0 Å². The molecule has 0 saturated carbocycles. The second-order valence-electron chi connectivity index (χ2n) is 7.55. The third-order valence-electron chi connectivity index (χ3n) is 5.35. The number of likely N-dealkylation sites (tertiary alicyclic amines) is 1. The largest absolute Gasteiger partial charge is 0.496 e. The van der Waals surface area contributed by atoms with Gasteiger partial charge in [-0.25, -0.2) is 9.97 Å². The summed E-state index contributed by atoms with van der Waals surface area (Å²) in [6, 6.07) is 12.6. The van der Waals surface area contributed by atoms with Crippen LogP contribution in [-0.4, -0.2) is 40.1 Å². The second kappa shape index (κ2) is 9.01. The van der Waals surface area contributed by atoms with Crippen LogP contribution in [0.5, 0.6) is 5.75 Å². The highest BCUT2D eigenvalue weighted by atomic mass is 16.5. The molecule has 3 heterocycles. The van der Waals surface area contributed by atoms with Gasteiger partial charge in [0.05, 0.1) is 13.3 Å². The quantitative estimate of drug-likeness (QED) is 0.678. The van der Waals surface area contributed by atoms with Crippen molar-refractivity contribution in [3.05, 3.63) is 71.8 Å². The number of anilines is 2. The highest BCUT2D eigenvalue weighted by Crippen LogP contribution is 2.29. The molecule has 6 nitrogen and oxygen atoms in total. The molecule has 0 radical (unpaired) electrons. The number of benzene rings is 1. The molecular weight excluding hydrogens is 362 g/mol. The van der Waals surface area contributed by atoms with Gasteiger partial charge in [0.1, 0.15) is 17.4 Å². The van der Waals surface area contributed by atoms with E-state index in [2.05, 4.69) is 57.4 Å². The van der Waals surface area contributed by atoms with E-state index in [4.69, 9.17) is 9.72 Å². The number of nitrogens with one attached hydrogen (secondary N) is 1. The lowest BCUT2D eigenvalue weighted by molar-refractivity contribution is 0.196. The second-order valence-corrected chi connectivity index (χ2v) is 7.55. The molecule has 0 bridgehead atoms. The summed E-state index contributed by atoms with van der Waals surface area (Å²) >= 11 is 0. The van der Waals surface area contributed by atoms with E-state index >= 15 is 0 Å². The monoisotopic (exact) mass is 389 g/mol. The Hall–Kier alpha value is -2.99. The van der Waals surface area contributed by atoms with Crippen LogP contribution < -0.4 is 10.1 Å². The Morgan fingerprint density at radius 2 is 2.10 bits per heavy atom. The first-order valence-corrected chi connectivity index (χ1v) is 10.1. The summed E-state index contributed by atoms with van der Waals surface area (Å²) in [5.74, 6) is 2.90. The molecular formula is C23H27N5O. The molecule has 1 fully saturated rings. The van der Waals surface area contributed by atoms with Crippen molar-refractivity contribution in [3.63, 3.8) is 0 Å². The molecule has 4 rings (SSSR count). The number of rotatable bonds is 6. The summed E-state index contributed by atoms with van der Waals surface area (Å²) in [6.45, 7) is 5.10. The number of aryl methyl sites for hydroxylation is 1. The summed E-state index contributed by atoms with van der Waals surface area (Å²) in [6.07, 6.45) is 7.36. The summed E-state index contributed by atoms with van der Waals surface area (Å²) in [5, 5.41) is 3.24. The molecule has 1 N–H and O–H groups in total. The van der Waals surface area contributed by atoms with E-state index in [1.165, 1.54) is 17.5 Å². The number of methoxy groups -OCH3 is 1. The molecule has 3 aromatic rings. The fourth-order valence-electron chi connectivity index (χ4n) is 3.91. The van der Waals surface area contributed by atoms with Gasteiger partial charge in [-0.2, -0.15) is 0 Å². The maximum atomic E-state index is 5.59. The van der Waals surface area contributed by atoms with Crippen molar-refractivity contribution in [2.24, 2.45) is 0 Å². The van der Waals surface area contributed by atoms with Gasteiger partial charge in [-0.15, -0.1) is 0 Å². The molecule has 0 aliphatic carbocycles. The highest BCUT2D eigenvalue weighted by Gasteiger charge is 2.23. The van der Waals surface area contributed by atoms with Crippen LogP contribution in [-0.2, 0) is 6.54 Å². The Morgan fingerprint density at radius 1 is 1.17 bits per heavy atom. The van der Waals surface area contributed by atoms with Gasteiger partial charge < -0.3 is 10.1 Å². The molecule has 1 saturated heterocycles. The lowest BCUT2D eigenvalue weighted by atomic mass is 9.94. The molecule has 29 heavy (non-hydrogen) atoms. The van der Waals surface area contributed by atoms with Gasteiger partial charge in [-0.3, -0.25) is 9.88 Å². The molecule has 1 aromatic carbocycles. The van der Waals surface area contributed by atoms with E-state index < -0.39 is 0 Å². The number of pyridine rings is 1. The molecule has 6 heteroatoms. The molecule has 150 valence electrons. The Bertz CT molecular complexity index is 947. The van der Waals surface area contributed by atoms with E-state index in [0.717, 1.165) is 43.3 Å². The predicted octanol–water partition coefficient (Wildman–Crippen LogP) is 4.31. The fraction of sp³-hybridized carbons (Fsp3) is 0.348. The van der Waals surface area contributed by atoms with Crippen molar-refractivity contribution in [2.75, 3.05) is 25.5 Å². The Kier molecular flexibility index (Phi) is 6.00.